The molecule has 106 valence electrons. The Morgan fingerprint density at radius 3 is 2.26 bits per heavy atom. The summed E-state index contributed by atoms with van der Waals surface area (Å²) >= 11 is 0. The smallest absolute Gasteiger partial charge is 0.322 e. The van der Waals surface area contributed by atoms with Crippen LogP contribution in [0.2, 0.25) is 0 Å². The van der Waals surface area contributed by atoms with Crippen molar-refractivity contribution in [3.05, 3.63) is 11.3 Å². The number of carboxylic acid groups (broad SMARTS) is 1. The van der Waals surface area contributed by atoms with E-state index in [4.69, 9.17) is 10.8 Å². The molecule has 0 saturated heterocycles. The first-order chi connectivity index (χ1) is 8.64. The summed E-state index contributed by atoms with van der Waals surface area (Å²) in [6.07, 6.45) is 0.635. The van der Waals surface area contributed by atoms with Gasteiger partial charge in [-0.25, -0.2) is 0 Å². The Hall–Kier alpha value is -1.69. The van der Waals surface area contributed by atoms with Crippen LogP contribution in [0, 0.1) is 5.41 Å². The molecule has 0 aliphatic heterocycles. The lowest BCUT2D eigenvalue weighted by Gasteiger charge is -2.29. The van der Waals surface area contributed by atoms with Gasteiger partial charge in [0.1, 0.15) is 6.04 Å². The number of rotatable bonds is 4. The van der Waals surface area contributed by atoms with Crippen molar-refractivity contribution in [2.75, 3.05) is 6.54 Å². The van der Waals surface area contributed by atoms with Crippen molar-refractivity contribution in [3.63, 3.8) is 0 Å². The summed E-state index contributed by atoms with van der Waals surface area (Å²) in [7, 11) is 0. The Kier molecular flexibility index (Phi) is 4.47. The van der Waals surface area contributed by atoms with Gasteiger partial charge >= 0.3 is 5.97 Å². The van der Waals surface area contributed by atoms with Crippen LogP contribution >= 0.6 is 0 Å². The molecule has 0 aromatic carbocycles. The van der Waals surface area contributed by atoms with E-state index in [9.17, 15) is 14.4 Å². The predicted octanol–water partition coefficient (Wildman–Crippen LogP) is 0.220. The Balaban J connectivity index is 2.82. The summed E-state index contributed by atoms with van der Waals surface area (Å²) in [6.45, 7) is 5.33. The van der Waals surface area contributed by atoms with Gasteiger partial charge in [-0.3, -0.25) is 14.4 Å². The van der Waals surface area contributed by atoms with Gasteiger partial charge in [0.15, 0.2) is 11.6 Å². The fourth-order valence-corrected chi connectivity index (χ4v) is 2.12. The van der Waals surface area contributed by atoms with Crippen molar-refractivity contribution >= 4 is 17.5 Å². The van der Waals surface area contributed by atoms with Crippen LogP contribution in [0.3, 0.4) is 0 Å². The lowest BCUT2D eigenvalue weighted by atomic mass is 9.73. The zero-order chi connectivity index (χ0) is 14.8. The first kappa shape index (κ1) is 15.4. The van der Waals surface area contributed by atoms with Crippen molar-refractivity contribution in [2.45, 2.75) is 39.7 Å². The van der Waals surface area contributed by atoms with Crippen LogP contribution in [0.1, 0.15) is 33.6 Å². The van der Waals surface area contributed by atoms with Crippen LogP contribution < -0.4 is 11.1 Å². The van der Waals surface area contributed by atoms with Crippen molar-refractivity contribution in [2.24, 2.45) is 11.1 Å². The number of nitrogens with one attached hydrogen (secondary N) is 1. The third-order valence-electron chi connectivity index (χ3n) is 3.12. The van der Waals surface area contributed by atoms with Gasteiger partial charge in [0.25, 0.3) is 0 Å². The van der Waals surface area contributed by atoms with Crippen LogP contribution in [0.5, 0.6) is 0 Å². The van der Waals surface area contributed by atoms with Crippen LogP contribution in [-0.4, -0.2) is 35.2 Å². The van der Waals surface area contributed by atoms with E-state index < -0.39 is 12.0 Å². The molecule has 1 aliphatic carbocycles. The number of hydrogen-bond acceptors (Lipinski definition) is 5. The number of Topliss-reactive ketones (excluding diaryl/α,β-unsaturated/α-hetero) is 2. The molecule has 0 aromatic rings. The second-order valence-electron chi connectivity index (χ2n) is 5.69. The molecule has 6 heteroatoms. The van der Waals surface area contributed by atoms with Crippen molar-refractivity contribution < 1.29 is 19.5 Å². The second-order valence-corrected chi connectivity index (χ2v) is 5.69. The van der Waals surface area contributed by atoms with E-state index in [0.717, 1.165) is 0 Å². The molecule has 4 N–H and O–H groups in total. The van der Waals surface area contributed by atoms with E-state index in [1.807, 2.05) is 13.8 Å². The summed E-state index contributed by atoms with van der Waals surface area (Å²) in [4.78, 5) is 34.5. The first-order valence-corrected chi connectivity index (χ1v) is 6.13. The van der Waals surface area contributed by atoms with Gasteiger partial charge in [0.2, 0.25) is 0 Å². The highest BCUT2D eigenvalue weighted by atomic mass is 16.4. The third kappa shape index (κ3) is 3.89. The van der Waals surface area contributed by atoms with E-state index in [1.165, 1.54) is 0 Å². The average molecular weight is 268 g/mol. The van der Waals surface area contributed by atoms with Gasteiger partial charge in [-0.2, -0.15) is 0 Å². The van der Waals surface area contributed by atoms with Gasteiger partial charge in [-0.1, -0.05) is 13.8 Å². The maximum absolute atomic E-state index is 12.0. The molecular formula is C13H20N2O4. The lowest BCUT2D eigenvalue weighted by molar-refractivity contribution is -0.138. The molecule has 0 amide bonds. The number of aliphatic carboxylic acids is 1. The summed E-state index contributed by atoms with van der Waals surface area (Å²) in [5.41, 5.74) is 5.60. The number of ketones is 2. The number of hydrogen-bond donors (Lipinski definition) is 3. The van der Waals surface area contributed by atoms with E-state index in [-0.39, 0.29) is 29.1 Å². The molecule has 0 bridgehead atoms. The average Bonchev–Trinajstić information content (AvgIpc) is 2.22. The summed E-state index contributed by atoms with van der Waals surface area (Å²) in [5.74, 6) is -1.53. The minimum Gasteiger partial charge on any atom is -0.480 e. The number of carboxylic acids is 1. The minimum absolute atomic E-state index is 0.0192. The highest BCUT2D eigenvalue weighted by molar-refractivity contribution is 6.22. The van der Waals surface area contributed by atoms with Crippen molar-refractivity contribution in [1.29, 1.82) is 0 Å². The minimum atomic E-state index is -1.13. The van der Waals surface area contributed by atoms with E-state index in [2.05, 4.69) is 5.32 Å². The van der Waals surface area contributed by atoms with Gasteiger partial charge in [0.05, 0.1) is 5.57 Å². The van der Waals surface area contributed by atoms with Crippen LogP contribution in [0.4, 0.5) is 0 Å². The fourth-order valence-electron chi connectivity index (χ4n) is 2.12. The molecule has 0 aromatic heterocycles. The standard InChI is InChI=1S/C13H20N2O4/c1-7(15-6-8(14)12(18)19)11-9(16)4-13(2,3)5-10(11)17/h8,15H,4-6,14H2,1-3H3,(H,18,19)/t8-/m0/s1. The lowest BCUT2D eigenvalue weighted by Crippen LogP contribution is -2.41. The second kappa shape index (κ2) is 5.52. The Bertz CT molecular complexity index is 430. The highest BCUT2D eigenvalue weighted by Gasteiger charge is 2.36. The largest absolute Gasteiger partial charge is 0.480 e. The molecule has 0 heterocycles. The summed E-state index contributed by atoms with van der Waals surface area (Å²) < 4.78 is 0. The topological polar surface area (TPSA) is 109 Å². The highest BCUT2D eigenvalue weighted by Crippen LogP contribution is 2.34. The molecule has 6 nitrogen and oxygen atoms in total. The van der Waals surface area contributed by atoms with Gasteiger partial charge in [-0.15, -0.1) is 0 Å². The maximum atomic E-state index is 12.0. The number of nitrogens with two attached hydrogens (primary N) is 1. The molecule has 1 saturated carbocycles. The molecule has 0 radical (unpaired) electrons. The maximum Gasteiger partial charge on any atom is 0.322 e. The normalized spacial score (nSPS) is 20.1. The monoisotopic (exact) mass is 268 g/mol. The number of carbonyl (C=O) groups is 3. The van der Waals surface area contributed by atoms with E-state index in [1.54, 1.807) is 6.92 Å². The molecule has 0 unspecified atom stereocenters. The van der Waals surface area contributed by atoms with Gasteiger partial charge < -0.3 is 16.2 Å². The quantitative estimate of drug-likeness (QED) is 0.497. The Morgan fingerprint density at radius 1 is 1.37 bits per heavy atom. The summed E-state index contributed by atoms with van der Waals surface area (Å²) in [6, 6.07) is -1.07. The third-order valence-corrected chi connectivity index (χ3v) is 3.12. The predicted molar refractivity (Wildman–Crippen MR) is 69.3 cm³/mol. The van der Waals surface area contributed by atoms with Crippen LogP contribution in [0.15, 0.2) is 11.3 Å². The van der Waals surface area contributed by atoms with Crippen LogP contribution in [0.25, 0.3) is 0 Å². The molecule has 19 heavy (non-hydrogen) atoms. The Labute approximate surface area is 112 Å². The van der Waals surface area contributed by atoms with E-state index >= 15 is 0 Å². The SMILES string of the molecule is CC(NC[C@H](N)C(=O)O)=C1C(=O)CC(C)(C)CC1=O. The molecular weight excluding hydrogens is 248 g/mol. The molecule has 1 fully saturated rings. The summed E-state index contributed by atoms with van der Waals surface area (Å²) in [5, 5.41) is 11.4. The van der Waals surface area contributed by atoms with Crippen LogP contribution in [-0.2, 0) is 14.4 Å². The number of carbonyl (C=O) groups excluding carboxylic acids is 2. The Morgan fingerprint density at radius 2 is 1.84 bits per heavy atom. The molecule has 1 atom stereocenters. The van der Waals surface area contributed by atoms with Gasteiger partial charge in [-0.05, 0) is 12.3 Å². The van der Waals surface area contributed by atoms with Crippen molar-refractivity contribution in [3.8, 4) is 0 Å². The van der Waals surface area contributed by atoms with Gasteiger partial charge in [0, 0.05) is 25.1 Å². The first-order valence-electron chi connectivity index (χ1n) is 6.13. The molecule has 1 aliphatic rings. The zero-order valence-corrected chi connectivity index (χ0v) is 11.4. The number of allylic oxidation sites excluding steroid dienone is 2. The molecule has 0 spiro atoms. The van der Waals surface area contributed by atoms with Crippen molar-refractivity contribution in [1.82, 2.24) is 5.32 Å². The molecule has 1 rings (SSSR count). The zero-order valence-electron chi connectivity index (χ0n) is 11.4. The van der Waals surface area contributed by atoms with E-state index in [0.29, 0.717) is 18.5 Å². The fraction of sp³-hybridized carbons (Fsp3) is 0.615.